The van der Waals surface area contributed by atoms with Crippen LogP contribution >= 0.6 is 0 Å². The lowest BCUT2D eigenvalue weighted by atomic mass is 10.2. The van der Waals surface area contributed by atoms with Crippen LogP contribution in [0.2, 0.25) is 0 Å². The van der Waals surface area contributed by atoms with Gasteiger partial charge in [-0.3, -0.25) is 0 Å². The van der Waals surface area contributed by atoms with E-state index in [1.54, 1.807) is 6.92 Å². The Hall–Kier alpha value is -1.91. The molecule has 16 heavy (non-hydrogen) atoms. The van der Waals surface area contributed by atoms with Crippen LogP contribution in [-0.2, 0) is 6.54 Å². The molecule has 0 fully saturated rings. The Kier molecular flexibility index (Phi) is 2.38. The average Bonchev–Trinajstić information content (AvgIpc) is 2.56. The van der Waals surface area contributed by atoms with Gasteiger partial charge in [0.2, 0.25) is 0 Å². The maximum absolute atomic E-state index is 13.4. The minimum absolute atomic E-state index is 0.0398. The molecular weight excluding hydrogens is 216 g/mol. The van der Waals surface area contributed by atoms with Crippen LogP contribution in [0.5, 0.6) is 0 Å². The number of aromatic nitrogens is 1. The molecule has 0 bridgehead atoms. The van der Waals surface area contributed by atoms with Crippen molar-refractivity contribution >= 4 is 16.9 Å². The van der Waals surface area contributed by atoms with Crippen molar-refractivity contribution in [3.63, 3.8) is 0 Å². The highest BCUT2D eigenvalue weighted by molar-refractivity contribution is 5.94. The first-order valence-electron chi connectivity index (χ1n) is 4.76. The number of hydrogen-bond acceptors (Lipinski definition) is 1. The van der Waals surface area contributed by atoms with Crippen molar-refractivity contribution in [3.8, 4) is 0 Å². The third kappa shape index (κ3) is 1.44. The van der Waals surface area contributed by atoms with Gasteiger partial charge in [0.1, 0.15) is 17.3 Å². The molecule has 5 heteroatoms. The Morgan fingerprint density at radius 2 is 2.06 bits per heavy atom. The smallest absolute Gasteiger partial charge is 0.352 e. The van der Waals surface area contributed by atoms with Crippen molar-refractivity contribution in [2.45, 2.75) is 13.5 Å². The Morgan fingerprint density at radius 3 is 2.62 bits per heavy atom. The third-order valence-corrected chi connectivity index (χ3v) is 2.47. The second-order valence-corrected chi connectivity index (χ2v) is 3.40. The van der Waals surface area contributed by atoms with Gasteiger partial charge in [-0.15, -0.1) is 0 Å². The highest BCUT2D eigenvalue weighted by Crippen LogP contribution is 2.24. The summed E-state index contributed by atoms with van der Waals surface area (Å²) in [4.78, 5) is 10.9. The first-order valence-corrected chi connectivity index (χ1v) is 4.76. The Balaban J connectivity index is 2.87. The molecule has 2 rings (SSSR count). The fourth-order valence-electron chi connectivity index (χ4n) is 1.80. The Labute approximate surface area is 89.9 Å². The average molecular weight is 225 g/mol. The zero-order chi connectivity index (χ0) is 11.9. The molecule has 1 N–H and O–H groups in total. The zero-order valence-corrected chi connectivity index (χ0v) is 8.50. The molecule has 3 nitrogen and oxygen atoms in total. The molecule has 1 aromatic carbocycles. The summed E-state index contributed by atoms with van der Waals surface area (Å²) in [6.07, 6.45) is 0. The molecular formula is C11H9F2NO2. The number of nitrogens with zero attached hydrogens (tertiary/aromatic N) is 1. The summed E-state index contributed by atoms with van der Waals surface area (Å²) in [5.41, 5.74) is 0.222. The standard InChI is InChI=1S/C11H9F2NO2/c1-2-14-9-4-6(12)3-8(13)7(9)5-10(14)11(15)16/h3-5H,2H2,1H3,(H,15,16). The van der Waals surface area contributed by atoms with Crippen LogP contribution in [0, 0.1) is 11.6 Å². The van der Waals surface area contributed by atoms with Gasteiger partial charge in [0.25, 0.3) is 0 Å². The Morgan fingerprint density at radius 1 is 1.38 bits per heavy atom. The second-order valence-electron chi connectivity index (χ2n) is 3.40. The fraction of sp³-hybridized carbons (Fsp3) is 0.182. The predicted octanol–water partition coefficient (Wildman–Crippen LogP) is 2.64. The molecule has 0 spiro atoms. The summed E-state index contributed by atoms with van der Waals surface area (Å²) in [6.45, 7) is 2.06. The van der Waals surface area contributed by atoms with Gasteiger partial charge in [0.05, 0.1) is 5.52 Å². The summed E-state index contributed by atoms with van der Waals surface area (Å²) in [7, 11) is 0. The molecule has 0 aliphatic heterocycles. The van der Waals surface area contributed by atoms with Crippen molar-refractivity contribution in [2.24, 2.45) is 0 Å². The molecule has 84 valence electrons. The SMILES string of the molecule is CCn1c(C(=O)O)cc2c(F)cc(F)cc21. The highest BCUT2D eigenvalue weighted by atomic mass is 19.1. The normalized spacial score (nSPS) is 10.9. The summed E-state index contributed by atoms with van der Waals surface area (Å²) >= 11 is 0. The molecule has 2 aromatic rings. The summed E-state index contributed by atoms with van der Waals surface area (Å²) < 4.78 is 27.8. The molecule has 0 saturated carbocycles. The number of carboxylic acid groups (broad SMARTS) is 1. The van der Waals surface area contributed by atoms with Crippen molar-refractivity contribution in [1.29, 1.82) is 0 Å². The predicted molar refractivity (Wildman–Crippen MR) is 54.5 cm³/mol. The van der Waals surface area contributed by atoms with Gasteiger partial charge < -0.3 is 9.67 Å². The van der Waals surface area contributed by atoms with Crippen molar-refractivity contribution in [2.75, 3.05) is 0 Å². The van der Waals surface area contributed by atoms with E-state index in [-0.39, 0.29) is 16.6 Å². The zero-order valence-electron chi connectivity index (χ0n) is 8.50. The molecule has 0 atom stereocenters. The van der Waals surface area contributed by atoms with Gasteiger partial charge >= 0.3 is 5.97 Å². The summed E-state index contributed by atoms with van der Waals surface area (Å²) in [5, 5.41) is 9.05. The van der Waals surface area contributed by atoms with Crippen LogP contribution < -0.4 is 0 Å². The van der Waals surface area contributed by atoms with E-state index in [2.05, 4.69) is 0 Å². The first-order chi connectivity index (χ1) is 7.54. The van der Waals surface area contributed by atoms with Gasteiger partial charge in [-0.05, 0) is 19.1 Å². The van der Waals surface area contributed by atoms with Crippen molar-refractivity contribution in [1.82, 2.24) is 4.57 Å². The van der Waals surface area contributed by atoms with Crippen LogP contribution in [0.1, 0.15) is 17.4 Å². The first kappa shape index (κ1) is 10.6. The van der Waals surface area contributed by atoms with Crippen molar-refractivity contribution < 1.29 is 18.7 Å². The van der Waals surface area contributed by atoms with Gasteiger partial charge in [-0.25, -0.2) is 13.6 Å². The van der Waals surface area contributed by atoms with E-state index < -0.39 is 17.6 Å². The number of aromatic carboxylic acids is 1. The highest BCUT2D eigenvalue weighted by Gasteiger charge is 2.16. The van der Waals surface area contributed by atoms with E-state index in [1.165, 1.54) is 10.6 Å². The molecule has 0 radical (unpaired) electrons. The number of fused-ring (bicyclic) bond motifs is 1. The quantitative estimate of drug-likeness (QED) is 0.853. The van der Waals surface area contributed by atoms with E-state index >= 15 is 0 Å². The minimum atomic E-state index is -1.15. The fourth-order valence-corrected chi connectivity index (χ4v) is 1.80. The molecule has 1 heterocycles. The minimum Gasteiger partial charge on any atom is -0.477 e. The number of aryl methyl sites for hydroxylation is 1. The molecule has 0 aliphatic rings. The molecule has 0 amide bonds. The van der Waals surface area contributed by atoms with E-state index in [9.17, 15) is 13.6 Å². The third-order valence-electron chi connectivity index (χ3n) is 2.47. The molecule has 0 unspecified atom stereocenters. The number of carbonyl (C=O) groups is 1. The lowest BCUT2D eigenvalue weighted by Crippen LogP contribution is -2.06. The molecule has 1 aromatic heterocycles. The van der Waals surface area contributed by atoms with Crippen LogP contribution in [0.4, 0.5) is 8.78 Å². The van der Waals surface area contributed by atoms with Gasteiger partial charge in [-0.2, -0.15) is 0 Å². The number of halogens is 2. The van der Waals surface area contributed by atoms with Crippen LogP contribution in [-0.4, -0.2) is 15.6 Å². The summed E-state index contributed by atoms with van der Waals surface area (Å²) in [5.74, 6) is -2.61. The number of carboxylic acids is 1. The lowest BCUT2D eigenvalue weighted by molar-refractivity contribution is 0.0686. The number of rotatable bonds is 2. The van der Waals surface area contributed by atoms with Gasteiger partial charge in [0.15, 0.2) is 0 Å². The maximum Gasteiger partial charge on any atom is 0.352 e. The van der Waals surface area contributed by atoms with E-state index in [4.69, 9.17) is 5.11 Å². The van der Waals surface area contributed by atoms with Gasteiger partial charge in [-0.1, -0.05) is 0 Å². The number of hydrogen-bond donors (Lipinski definition) is 1. The number of benzene rings is 1. The van der Waals surface area contributed by atoms with Gasteiger partial charge in [0, 0.05) is 18.0 Å². The van der Waals surface area contributed by atoms with Crippen LogP contribution in [0.25, 0.3) is 10.9 Å². The van der Waals surface area contributed by atoms with E-state index in [1.807, 2.05) is 0 Å². The molecule has 0 saturated heterocycles. The summed E-state index contributed by atoms with van der Waals surface area (Å²) in [6, 6.07) is 3.10. The monoisotopic (exact) mass is 225 g/mol. The van der Waals surface area contributed by atoms with Crippen LogP contribution in [0.3, 0.4) is 0 Å². The second kappa shape index (κ2) is 3.59. The largest absolute Gasteiger partial charge is 0.477 e. The van der Waals surface area contributed by atoms with E-state index in [0.717, 1.165) is 12.1 Å². The lowest BCUT2D eigenvalue weighted by Gasteiger charge is -2.04. The topological polar surface area (TPSA) is 42.2 Å². The van der Waals surface area contributed by atoms with Crippen molar-refractivity contribution in [3.05, 3.63) is 35.5 Å². The Bertz CT molecular complexity index is 575. The van der Waals surface area contributed by atoms with E-state index in [0.29, 0.717) is 6.54 Å². The maximum atomic E-state index is 13.4. The molecule has 0 aliphatic carbocycles. The van der Waals surface area contributed by atoms with Crippen LogP contribution in [0.15, 0.2) is 18.2 Å².